The molecule has 0 aliphatic heterocycles. The number of aromatic hydroxyl groups is 2. The van der Waals surface area contributed by atoms with Gasteiger partial charge in [-0.3, -0.25) is 14.4 Å². The van der Waals surface area contributed by atoms with Crippen LogP contribution in [0, 0.1) is 69.2 Å². The highest BCUT2D eigenvalue weighted by Gasteiger charge is 2.09. The molecule has 0 bridgehead atoms. The number of ketones is 2. The first-order chi connectivity index (χ1) is 21.0. The van der Waals surface area contributed by atoms with Crippen molar-refractivity contribution < 1.29 is 24.6 Å². The molecule has 236 valence electrons. The lowest BCUT2D eigenvalue weighted by molar-refractivity contribution is 0.101. The third-order valence-corrected chi connectivity index (χ3v) is 7.92. The first-order valence-corrected chi connectivity index (χ1v) is 14.9. The van der Waals surface area contributed by atoms with E-state index in [9.17, 15) is 24.6 Å². The molecule has 0 fully saturated rings. The van der Waals surface area contributed by atoms with E-state index in [2.05, 4.69) is 19.9 Å². The molecular formula is C40H46O5. The molecule has 0 spiro atoms. The summed E-state index contributed by atoms with van der Waals surface area (Å²) in [5.74, 6) is 0.740. The number of aryl methyl sites for hydroxylation is 10. The number of hydrogen-bond donors (Lipinski definition) is 2. The number of aldehydes is 1. The molecule has 0 saturated heterocycles. The third-order valence-electron chi connectivity index (χ3n) is 7.92. The fourth-order valence-electron chi connectivity index (χ4n) is 4.97. The number of allylic oxidation sites excluding steroid dienone is 1. The molecule has 0 saturated carbocycles. The van der Waals surface area contributed by atoms with E-state index in [-0.39, 0.29) is 17.3 Å². The van der Waals surface area contributed by atoms with Gasteiger partial charge in [-0.15, -0.1) is 0 Å². The number of phenols is 2. The number of rotatable bonds is 5. The monoisotopic (exact) mass is 606 g/mol. The predicted molar refractivity (Wildman–Crippen MR) is 185 cm³/mol. The summed E-state index contributed by atoms with van der Waals surface area (Å²) < 4.78 is 0. The number of hydrogen-bond acceptors (Lipinski definition) is 5. The molecule has 0 heterocycles. The van der Waals surface area contributed by atoms with Crippen molar-refractivity contribution in [2.45, 2.75) is 76.2 Å². The van der Waals surface area contributed by atoms with Gasteiger partial charge in [-0.1, -0.05) is 18.2 Å². The quantitative estimate of drug-likeness (QED) is 0.134. The Balaban J connectivity index is 0.000000259. The minimum absolute atomic E-state index is 0.00369. The summed E-state index contributed by atoms with van der Waals surface area (Å²) >= 11 is 0. The summed E-state index contributed by atoms with van der Waals surface area (Å²) in [5.41, 5.74) is 13.1. The molecular weight excluding hydrogens is 560 g/mol. The highest BCUT2D eigenvalue weighted by molar-refractivity contribution is 6.08. The Morgan fingerprint density at radius 1 is 0.489 bits per heavy atom. The smallest absolute Gasteiger partial charge is 0.186 e. The second-order valence-electron chi connectivity index (χ2n) is 11.9. The normalized spacial score (nSPS) is 10.5. The lowest BCUT2D eigenvalue weighted by Gasteiger charge is -2.07. The largest absolute Gasteiger partial charge is 0.507 e. The van der Waals surface area contributed by atoms with Crippen LogP contribution in [0.15, 0.2) is 54.6 Å². The maximum absolute atomic E-state index is 12.4. The second-order valence-corrected chi connectivity index (χ2v) is 11.9. The Morgan fingerprint density at radius 2 is 0.844 bits per heavy atom. The summed E-state index contributed by atoms with van der Waals surface area (Å²) in [6.07, 6.45) is 4.18. The van der Waals surface area contributed by atoms with Gasteiger partial charge in [0.15, 0.2) is 11.6 Å². The van der Waals surface area contributed by atoms with Gasteiger partial charge in [-0.2, -0.15) is 0 Å². The van der Waals surface area contributed by atoms with Gasteiger partial charge in [0.05, 0.1) is 0 Å². The Kier molecular flexibility index (Phi) is 12.8. The van der Waals surface area contributed by atoms with Crippen molar-refractivity contribution in [3.05, 3.63) is 132 Å². The van der Waals surface area contributed by atoms with Crippen LogP contribution < -0.4 is 0 Å². The lowest BCUT2D eigenvalue weighted by Crippen LogP contribution is -2.00. The highest BCUT2D eigenvalue weighted by atomic mass is 16.3. The zero-order valence-electron chi connectivity index (χ0n) is 28.5. The van der Waals surface area contributed by atoms with E-state index >= 15 is 0 Å². The van der Waals surface area contributed by atoms with Gasteiger partial charge in [-0.25, -0.2) is 0 Å². The Labute approximate surface area is 268 Å². The standard InChI is InChI=1S/C20H22O2.C11H14O.C9H10O2/c1-12-8-14(3)18(11-13(12)2)19(21)7-6-17-9-15(4)20(22)16(5)10-17;1-7-5-9(3)11(10(4)12)6-8(7)2;1-6-3-8(5-10)4-7(2)9(6)11/h6-11,22H,1-5H3;5-6H,1-4H3;3-5,11H,1-2H3/b7-6+;;. The molecule has 0 aromatic heterocycles. The minimum Gasteiger partial charge on any atom is -0.507 e. The first-order valence-electron chi connectivity index (χ1n) is 14.9. The molecule has 4 aromatic carbocycles. The van der Waals surface area contributed by atoms with E-state index in [4.69, 9.17) is 0 Å². The maximum Gasteiger partial charge on any atom is 0.186 e. The molecule has 0 amide bonds. The average molecular weight is 607 g/mol. The van der Waals surface area contributed by atoms with Gasteiger partial charge in [0.1, 0.15) is 17.8 Å². The zero-order valence-corrected chi connectivity index (χ0v) is 28.5. The van der Waals surface area contributed by atoms with Crippen LogP contribution in [0.3, 0.4) is 0 Å². The fraction of sp³-hybridized carbons (Fsp3) is 0.275. The zero-order chi connectivity index (χ0) is 34.2. The van der Waals surface area contributed by atoms with Crippen LogP contribution in [0.5, 0.6) is 11.5 Å². The topological polar surface area (TPSA) is 91.7 Å². The molecule has 4 rings (SSSR count). The van der Waals surface area contributed by atoms with Crippen LogP contribution in [0.4, 0.5) is 0 Å². The molecule has 0 unspecified atom stereocenters. The molecule has 0 radical (unpaired) electrons. The maximum atomic E-state index is 12.4. The number of benzene rings is 4. The number of Topliss-reactive ketones (excluding diaryl/α,β-unsaturated/α-hetero) is 1. The SMILES string of the molecule is CC(=O)c1cc(C)c(C)cc1C.Cc1cc(C)c(C(=O)/C=C/c2cc(C)c(O)c(C)c2)cc1C.Cc1cc(C=O)cc(C)c1O. The van der Waals surface area contributed by atoms with Crippen LogP contribution in [0.1, 0.15) is 99.2 Å². The Morgan fingerprint density at radius 3 is 1.24 bits per heavy atom. The predicted octanol–water partition coefficient (Wildman–Crippen LogP) is 9.47. The average Bonchev–Trinajstić information content (AvgIpc) is 2.97. The van der Waals surface area contributed by atoms with E-state index in [1.54, 1.807) is 45.1 Å². The van der Waals surface area contributed by atoms with Crippen molar-refractivity contribution in [1.82, 2.24) is 0 Å². The first kappa shape index (κ1) is 36.4. The fourth-order valence-corrected chi connectivity index (χ4v) is 4.97. The Hall–Kier alpha value is -4.77. The Bertz CT molecular complexity index is 1730. The molecule has 5 heteroatoms. The molecule has 5 nitrogen and oxygen atoms in total. The summed E-state index contributed by atoms with van der Waals surface area (Å²) in [7, 11) is 0. The van der Waals surface area contributed by atoms with Gasteiger partial charge in [0.2, 0.25) is 0 Å². The van der Waals surface area contributed by atoms with Crippen LogP contribution in [0.25, 0.3) is 6.08 Å². The minimum atomic E-state index is 0.00369. The van der Waals surface area contributed by atoms with Crippen molar-refractivity contribution >= 4 is 23.9 Å². The summed E-state index contributed by atoms with van der Waals surface area (Å²) in [6.45, 7) is 21.0. The van der Waals surface area contributed by atoms with Crippen LogP contribution in [-0.2, 0) is 0 Å². The molecule has 4 aromatic rings. The van der Waals surface area contributed by atoms with Crippen LogP contribution >= 0.6 is 0 Å². The highest BCUT2D eigenvalue weighted by Crippen LogP contribution is 2.24. The molecule has 45 heavy (non-hydrogen) atoms. The second kappa shape index (κ2) is 15.8. The van der Waals surface area contributed by atoms with Gasteiger partial charge < -0.3 is 10.2 Å². The van der Waals surface area contributed by atoms with Gasteiger partial charge in [0.25, 0.3) is 0 Å². The van der Waals surface area contributed by atoms with Crippen LogP contribution in [-0.4, -0.2) is 28.1 Å². The third kappa shape index (κ3) is 9.87. The van der Waals surface area contributed by atoms with Gasteiger partial charge in [-0.05, 0) is 180 Å². The number of phenolic OH excluding ortho intramolecular Hbond substituents is 2. The lowest BCUT2D eigenvalue weighted by atomic mass is 9.97. The molecule has 0 atom stereocenters. The van der Waals surface area contributed by atoms with E-state index in [0.29, 0.717) is 11.3 Å². The number of carbonyl (C=O) groups is 3. The summed E-state index contributed by atoms with van der Waals surface area (Å²) in [4.78, 5) is 33.9. The van der Waals surface area contributed by atoms with E-state index in [1.165, 1.54) is 16.7 Å². The van der Waals surface area contributed by atoms with E-state index in [0.717, 1.165) is 61.9 Å². The van der Waals surface area contributed by atoms with Gasteiger partial charge >= 0.3 is 0 Å². The van der Waals surface area contributed by atoms with Crippen molar-refractivity contribution in [1.29, 1.82) is 0 Å². The van der Waals surface area contributed by atoms with Crippen molar-refractivity contribution in [3.8, 4) is 11.5 Å². The molecule has 0 aliphatic carbocycles. The summed E-state index contributed by atoms with van der Waals surface area (Å²) in [5, 5.41) is 19.1. The molecule has 2 N–H and O–H groups in total. The van der Waals surface area contributed by atoms with Crippen molar-refractivity contribution in [2.24, 2.45) is 0 Å². The van der Waals surface area contributed by atoms with E-state index in [1.807, 2.05) is 71.9 Å². The van der Waals surface area contributed by atoms with Crippen molar-refractivity contribution in [2.75, 3.05) is 0 Å². The summed E-state index contributed by atoms with van der Waals surface area (Å²) in [6, 6.07) is 15.1. The molecule has 0 aliphatic rings. The van der Waals surface area contributed by atoms with E-state index < -0.39 is 0 Å². The van der Waals surface area contributed by atoms with Gasteiger partial charge in [0, 0.05) is 16.7 Å². The van der Waals surface area contributed by atoms with Crippen LogP contribution in [0.2, 0.25) is 0 Å². The number of carbonyl (C=O) groups excluding carboxylic acids is 3. The van der Waals surface area contributed by atoms with Crippen molar-refractivity contribution in [3.63, 3.8) is 0 Å².